The molecule has 0 amide bonds. The quantitative estimate of drug-likeness (QED) is 0.585. The fourth-order valence-electron chi connectivity index (χ4n) is 1.62. The third-order valence-corrected chi connectivity index (χ3v) is 2.25. The van der Waals surface area contributed by atoms with E-state index in [1.807, 2.05) is 18.2 Å². The monoisotopic (exact) mass is 185 g/mol. The summed E-state index contributed by atoms with van der Waals surface area (Å²) in [6.07, 6.45) is 1.67. The van der Waals surface area contributed by atoms with Crippen LogP contribution >= 0.6 is 0 Å². The average molecular weight is 185 g/mol. The van der Waals surface area contributed by atoms with Gasteiger partial charge in [-0.25, -0.2) is 4.98 Å². The van der Waals surface area contributed by atoms with Crippen LogP contribution in [0.1, 0.15) is 0 Å². The summed E-state index contributed by atoms with van der Waals surface area (Å²) >= 11 is 0. The molecule has 0 unspecified atom stereocenters. The molecule has 3 rings (SSSR count). The van der Waals surface area contributed by atoms with Gasteiger partial charge >= 0.3 is 0 Å². The fraction of sp³-hybridized carbons (Fsp3) is 0. The van der Waals surface area contributed by atoms with Crippen molar-refractivity contribution in [2.24, 2.45) is 0 Å². The maximum atomic E-state index is 9.55. The van der Waals surface area contributed by atoms with Gasteiger partial charge < -0.3 is 9.52 Å². The van der Waals surface area contributed by atoms with Gasteiger partial charge in [0.2, 0.25) is 5.71 Å². The summed E-state index contributed by atoms with van der Waals surface area (Å²) in [5, 5.41) is 11.4. The summed E-state index contributed by atoms with van der Waals surface area (Å²) in [5.41, 5.74) is 1.06. The molecule has 1 aromatic carbocycles. The van der Waals surface area contributed by atoms with E-state index in [-0.39, 0.29) is 5.75 Å². The van der Waals surface area contributed by atoms with Crippen molar-refractivity contribution in [2.45, 2.75) is 0 Å². The van der Waals surface area contributed by atoms with Crippen LogP contribution in [0.4, 0.5) is 0 Å². The van der Waals surface area contributed by atoms with E-state index >= 15 is 0 Å². The largest absolute Gasteiger partial charge is 0.504 e. The Labute approximate surface area is 79.6 Å². The molecule has 0 radical (unpaired) electrons. The van der Waals surface area contributed by atoms with Crippen molar-refractivity contribution in [1.82, 2.24) is 4.98 Å². The minimum atomic E-state index is 0.153. The molecule has 0 aliphatic heterocycles. The lowest BCUT2D eigenvalue weighted by Gasteiger charge is -1.90. The topological polar surface area (TPSA) is 46.3 Å². The highest BCUT2D eigenvalue weighted by molar-refractivity contribution is 6.05. The molecule has 0 atom stereocenters. The molecule has 0 aliphatic carbocycles. The number of para-hydroxylation sites is 1. The fourth-order valence-corrected chi connectivity index (χ4v) is 1.62. The summed E-state index contributed by atoms with van der Waals surface area (Å²) in [4.78, 5) is 4.08. The van der Waals surface area contributed by atoms with Gasteiger partial charge in [-0.3, -0.25) is 0 Å². The second-order valence-corrected chi connectivity index (χ2v) is 3.11. The molecule has 3 aromatic rings. The highest BCUT2D eigenvalue weighted by Crippen LogP contribution is 2.32. The second-order valence-electron chi connectivity index (χ2n) is 3.11. The predicted octanol–water partition coefficient (Wildman–Crippen LogP) is 2.69. The lowest BCUT2D eigenvalue weighted by atomic mass is 10.2. The summed E-state index contributed by atoms with van der Waals surface area (Å²) in [5.74, 6) is 0.153. The molecule has 68 valence electrons. The number of benzene rings is 1. The Morgan fingerprint density at radius 3 is 2.86 bits per heavy atom. The first-order valence-corrected chi connectivity index (χ1v) is 4.31. The SMILES string of the molecule is Oc1cccc2c1oc1ncccc12. The Hall–Kier alpha value is -2.03. The van der Waals surface area contributed by atoms with E-state index in [1.165, 1.54) is 0 Å². The molecule has 0 saturated heterocycles. The molecule has 3 heteroatoms. The van der Waals surface area contributed by atoms with Crippen molar-refractivity contribution < 1.29 is 9.52 Å². The number of fused-ring (bicyclic) bond motifs is 3. The van der Waals surface area contributed by atoms with E-state index in [1.54, 1.807) is 18.3 Å². The van der Waals surface area contributed by atoms with Crippen LogP contribution in [0, 0.1) is 0 Å². The van der Waals surface area contributed by atoms with Crippen LogP contribution in [0.25, 0.3) is 22.1 Å². The van der Waals surface area contributed by atoms with Crippen molar-refractivity contribution >= 4 is 22.1 Å². The molecule has 0 fully saturated rings. The highest BCUT2D eigenvalue weighted by Gasteiger charge is 2.09. The summed E-state index contributed by atoms with van der Waals surface area (Å²) in [7, 11) is 0. The van der Waals surface area contributed by atoms with E-state index in [2.05, 4.69) is 4.98 Å². The van der Waals surface area contributed by atoms with Crippen molar-refractivity contribution in [3.8, 4) is 5.75 Å². The zero-order valence-corrected chi connectivity index (χ0v) is 7.27. The summed E-state index contributed by atoms with van der Waals surface area (Å²) in [6.45, 7) is 0. The molecule has 14 heavy (non-hydrogen) atoms. The van der Waals surface area contributed by atoms with Gasteiger partial charge in [0.1, 0.15) is 0 Å². The van der Waals surface area contributed by atoms with E-state index in [0.29, 0.717) is 11.3 Å². The minimum absolute atomic E-state index is 0.153. The Kier molecular flexibility index (Phi) is 1.31. The third-order valence-electron chi connectivity index (χ3n) is 2.25. The summed E-state index contributed by atoms with van der Waals surface area (Å²) in [6, 6.07) is 9.07. The molecular formula is C11H7NO2. The standard InChI is InChI=1S/C11H7NO2/c13-9-5-1-3-7-8-4-2-6-12-11(8)14-10(7)9/h1-6,13H. The van der Waals surface area contributed by atoms with Crippen LogP contribution < -0.4 is 0 Å². The van der Waals surface area contributed by atoms with Crippen LogP contribution in [-0.4, -0.2) is 10.1 Å². The number of pyridine rings is 1. The van der Waals surface area contributed by atoms with E-state index in [0.717, 1.165) is 10.8 Å². The van der Waals surface area contributed by atoms with E-state index in [4.69, 9.17) is 4.42 Å². The number of hydrogen-bond donors (Lipinski definition) is 1. The van der Waals surface area contributed by atoms with Gasteiger partial charge in [-0.05, 0) is 18.2 Å². The lowest BCUT2D eigenvalue weighted by Crippen LogP contribution is -1.68. The molecule has 0 aliphatic rings. The number of aromatic hydroxyl groups is 1. The van der Waals surface area contributed by atoms with Gasteiger partial charge in [-0.15, -0.1) is 0 Å². The number of phenolic OH excluding ortho intramolecular Hbond substituents is 1. The van der Waals surface area contributed by atoms with Gasteiger partial charge in [0.15, 0.2) is 11.3 Å². The number of furan rings is 1. The normalized spacial score (nSPS) is 11.1. The molecular weight excluding hydrogens is 178 g/mol. The Morgan fingerprint density at radius 1 is 1.07 bits per heavy atom. The number of hydrogen-bond acceptors (Lipinski definition) is 3. The van der Waals surface area contributed by atoms with Gasteiger partial charge in [0, 0.05) is 17.0 Å². The molecule has 2 heterocycles. The predicted molar refractivity (Wildman–Crippen MR) is 53.2 cm³/mol. The van der Waals surface area contributed by atoms with Gasteiger partial charge in [0.25, 0.3) is 0 Å². The molecule has 0 bridgehead atoms. The Balaban J connectivity index is 2.63. The zero-order valence-electron chi connectivity index (χ0n) is 7.27. The van der Waals surface area contributed by atoms with E-state index in [9.17, 15) is 5.11 Å². The van der Waals surface area contributed by atoms with Gasteiger partial charge in [-0.2, -0.15) is 0 Å². The molecule has 0 saturated carbocycles. The average Bonchev–Trinajstić information content (AvgIpc) is 2.59. The lowest BCUT2D eigenvalue weighted by molar-refractivity contribution is 0.468. The first kappa shape index (κ1) is 7.38. The Morgan fingerprint density at radius 2 is 1.93 bits per heavy atom. The van der Waals surface area contributed by atoms with Crippen LogP contribution in [0.2, 0.25) is 0 Å². The highest BCUT2D eigenvalue weighted by atomic mass is 16.4. The molecule has 0 spiro atoms. The third kappa shape index (κ3) is 0.836. The molecule has 3 nitrogen and oxygen atoms in total. The number of phenols is 1. The van der Waals surface area contributed by atoms with Crippen LogP contribution in [0.3, 0.4) is 0 Å². The first-order valence-electron chi connectivity index (χ1n) is 4.31. The smallest absolute Gasteiger partial charge is 0.227 e. The number of aromatic nitrogens is 1. The van der Waals surface area contributed by atoms with Gasteiger partial charge in [-0.1, -0.05) is 12.1 Å². The van der Waals surface area contributed by atoms with Gasteiger partial charge in [0.05, 0.1) is 0 Å². The van der Waals surface area contributed by atoms with E-state index < -0.39 is 0 Å². The molecule has 1 N–H and O–H groups in total. The minimum Gasteiger partial charge on any atom is -0.504 e. The number of rotatable bonds is 0. The van der Waals surface area contributed by atoms with Crippen molar-refractivity contribution in [3.05, 3.63) is 36.5 Å². The van der Waals surface area contributed by atoms with Crippen LogP contribution in [0.5, 0.6) is 5.75 Å². The van der Waals surface area contributed by atoms with Crippen molar-refractivity contribution in [1.29, 1.82) is 0 Å². The second kappa shape index (κ2) is 2.48. The number of nitrogens with zero attached hydrogens (tertiary/aromatic N) is 1. The van der Waals surface area contributed by atoms with Crippen LogP contribution in [-0.2, 0) is 0 Å². The maximum Gasteiger partial charge on any atom is 0.227 e. The first-order chi connectivity index (χ1) is 6.86. The van der Waals surface area contributed by atoms with Crippen molar-refractivity contribution in [3.63, 3.8) is 0 Å². The van der Waals surface area contributed by atoms with Crippen molar-refractivity contribution in [2.75, 3.05) is 0 Å². The summed E-state index contributed by atoms with van der Waals surface area (Å²) < 4.78 is 5.42. The molecule has 2 aromatic heterocycles. The Bertz CT molecular complexity index is 613. The maximum absolute atomic E-state index is 9.55. The zero-order chi connectivity index (χ0) is 9.54. The van der Waals surface area contributed by atoms with Crippen LogP contribution in [0.15, 0.2) is 40.9 Å².